The molecule has 6 atom stereocenters. The highest BCUT2D eigenvalue weighted by atomic mass is 32.2. The molecule has 0 aromatic heterocycles. The van der Waals surface area contributed by atoms with Crippen LogP contribution in [0.1, 0.15) is 58.2 Å². The quantitative estimate of drug-likeness (QED) is 0.426. The summed E-state index contributed by atoms with van der Waals surface area (Å²) in [6.07, 6.45) is 8.98. The molecule has 0 aliphatic carbocycles. The summed E-state index contributed by atoms with van der Waals surface area (Å²) in [4.78, 5) is 49.9. The van der Waals surface area contributed by atoms with Crippen LogP contribution in [-0.4, -0.2) is 78.8 Å². The van der Waals surface area contributed by atoms with E-state index >= 15 is 4.79 Å². The number of benzene rings is 2. The molecule has 4 aliphatic rings. The van der Waals surface area contributed by atoms with Crippen molar-refractivity contribution in [3.05, 3.63) is 96.1 Å². The van der Waals surface area contributed by atoms with Crippen molar-refractivity contribution < 1.29 is 19.5 Å². The number of rotatable bonds is 7. The van der Waals surface area contributed by atoms with Gasteiger partial charge < -0.3 is 19.8 Å². The molecule has 8 heteroatoms. The summed E-state index contributed by atoms with van der Waals surface area (Å²) in [7, 11) is 0. The maximum absolute atomic E-state index is 15.0. The van der Waals surface area contributed by atoms with Crippen molar-refractivity contribution in [1.29, 1.82) is 0 Å². The fourth-order valence-electron chi connectivity index (χ4n) is 8.38. The van der Waals surface area contributed by atoms with Crippen molar-refractivity contribution >= 4 is 29.5 Å². The summed E-state index contributed by atoms with van der Waals surface area (Å²) in [5.41, 5.74) is 1.28. The molecule has 3 amide bonds. The third-order valence-corrected chi connectivity index (χ3v) is 11.5. The number of likely N-dealkylation sites (tertiary alicyclic amines) is 1. The Labute approximate surface area is 271 Å². The first-order chi connectivity index (χ1) is 21.4. The van der Waals surface area contributed by atoms with Gasteiger partial charge >= 0.3 is 0 Å². The highest BCUT2D eigenvalue weighted by molar-refractivity contribution is 8.02. The number of hydrogen-bond donors (Lipinski definition) is 1. The van der Waals surface area contributed by atoms with Crippen LogP contribution in [0.25, 0.3) is 0 Å². The summed E-state index contributed by atoms with van der Waals surface area (Å²) < 4.78 is -0.950. The molecule has 1 spiro atoms. The van der Waals surface area contributed by atoms with E-state index in [0.717, 1.165) is 17.5 Å². The van der Waals surface area contributed by atoms with Crippen LogP contribution < -0.4 is 0 Å². The lowest BCUT2D eigenvalue weighted by molar-refractivity contribution is -0.149. The first-order valence-electron chi connectivity index (χ1n) is 16.0. The fraction of sp³-hybridized carbons (Fsp3) is 0.486. The number of nitrogens with zero attached hydrogens (tertiary/aromatic N) is 3. The van der Waals surface area contributed by atoms with Crippen LogP contribution >= 0.6 is 11.8 Å². The minimum Gasteiger partial charge on any atom is -0.394 e. The minimum absolute atomic E-state index is 0.0302. The Balaban J connectivity index is 1.46. The number of thioether (sulfide) groups is 1. The third-order valence-electron chi connectivity index (χ3n) is 9.78. The number of aliphatic hydroxyl groups excluding tert-OH is 1. The molecule has 0 bridgehead atoms. The molecule has 4 heterocycles. The Morgan fingerprint density at radius 2 is 1.56 bits per heavy atom. The van der Waals surface area contributed by atoms with Gasteiger partial charge in [0.2, 0.25) is 17.7 Å². The van der Waals surface area contributed by atoms with E-state index in [4.69, 9.17) is 0 Å². The lowest BCUT2D eigenvalue weighted by atomic mass is 9.77. The van der Waals surface area contributed by atoms with E-state index in [9.17, 15) is 14.7 Å². The Morgan fingerprint density at radius 1 is 0.889 bits per heavy atom. The molecule has 7 nitrogen and oxygen atoms in total. The van der Waals surface area contributed by atoms with Crippen molar-refractivity contribution in [2.75, 3.05) is 19.7 Å². The Kier molecular flexibility index (Phi) is 8.27. The van der Waals surface area contributed by atoms with E-state index in [-0.39, 0.29) is 35.0 Å². The van der Waals surface area contributed by atoms with Gasteiger partial charge in [0.25, 0.3) is 0 Å². The monoisotopic (exact) mass is 627 g/mol. The second kappa shape index (κ2) is 11.8. The summed E-state index contributed by atoms with van der Waals surface area (Å²) in [6.45, 7) is 11.7. The van der Waals surface area contributed by atoms with E-state index in [1.54, 1.807) is 16.7 Å². The van der Waals surface area contributed by atoms with Gasteiger partial charge in [0.1, 0.15) is 6.04 Å². The number of carbonyl (C=O) groups excluding carboxylic acids is 3. The van der Waals surface area contributed by atoms with Gasteiger partial charge in [0, 0.05) is 30.4 Å². The fourth-order valence-corrected chi connectivity index (χ4v) is 10.4. The molecule has 45 heavy (non-hydrogen) atoms. The predicted molar refractivity (Wildman–Crippen MR) is 178 cm³/mol. The molecule has 1 N–H and O–H groups in total. The largest absolute Gasteiger partial charge is 0.394 e. The average Bonchev–Trinajstić information content (AvgIpc) is 3.30. The minimum atomic E-state index is -0.950. The normalized spacial score (nSPS) is 28.9. The van der Waals surface area contributed by atoms with Crippen LogP contribution in [0.2, 0.25) is 0 Å². The van der Waals surface area contributed by atoms with Crippen molar-refractivity contribution in [2.45, 2.75) is 75.2 Å². The van der Waals surface area contributed by atoms with Crippen LogP contribution in [0.4, 0.5) is 0 Å². The van der Waals surface area contributed by atoms with E-state index < -0.39 is 34.2 Å². The molecule has 2 fully saturated rings. The van der Waals surface area contributed by atoms with Gasteiger partial charge in [-0.15, -0.1) is 11.8 Å². The van der Waals surface area contributed by atoms with Gasteiger partial charge in [-0.1, -0.05) is 106 Å². The van der Waals surface area contributed by atoms with Crippen LogP contribution in [-0.2, 0) is 20.9 Å². The zero-order valence-electron chi connectivity index (χ0n) is 26.9. The zero-order valence-corrected chi connectivity index (χ0v) is 27.7. The summed E-state index contributed by atoms with van der Waals surface area (Å²) in [5, 5.41) is 10.6. The van der Waals surface area contributed by atoms with Gasteiger partial charge in [0.05, 0.1) is 29.2 Å². The molecule has 1 unspecified atom stereocenters. The first kappa shape index (κ1) is 31.6. The molecular formula is C37H45N3O4S. The average molecular weight is 628 g/mol. The summed E-state index contributed by atoms with van der Waals surface area (Å²) >= 11 is 1.58. The van der Waals surface area contributed by atoms with E-state index in [1.165, 1.54) is 0 Å². The van der Waals surface area contributed by atoms with Crippen LogP contribution in [0, 0.1) is 17.3 Å². The van der Waals surface area contributed by atoms with Gasteiger partial charge in [-0.05, 0) is 36.8 Å². The van der Waals surface area contributed by atoms with Gasteiger partial charge in [-0.3, -0.25) is 14.4 Å². The number of fused-ring (bicyclic) bond motifs is 2. The molecule has 4 aliphatic heterocycles. The molecule has 2 aromatic rings. The molecule has 0 saturated carbocycles. The molecule has 2 saturated heterocycles. The van der Waals surface area contributed by atoms with Crippen LogP contribution in [0.5, 0.6) is 0 Å². The molecule has 238 valence electrons. The standard InChI is InChI=1S/C37H45N3O4S/c1-35(2,3)24-36(4,5)39-21-13-19-37-30(33(43)40(31(37)34(39)44)27(23-41)26-16-10-7-11-17-26)29-28(45-37)18-12-20-38(32(29)42)22-25-14-8-6-9-15-25/h6-19,27-31,41H,20-24H2,1-5H3/t27-,28+,29-,30+,31?,37+/m1/s1. The van der Waals surface area contributed by atoms with Crippen LogP contribution in [0.15, 0.2) is 85.0 Å². The van der Waals surface area contributed by atoms with E-state index in [1.807, 2.05) is 82.6 Å². The van der Waals surface area contributed by atoms with E-state index in [0.29, 0.717) is 19.6 Å². The first-order valence-corrected chi connectivity index (χ1v) is 16.9. The van der Waals surface area contributed by atoms with Crippen molar-refractivity contribution in [1.82, 2.24) is 14.7 Å². The second-order valence-electron chi connectivity index (χ2n) is 14.7. The lowest BCUT2D eigenvalue weighted by Gasteiger charge is -2.45. The van der Waals surface area contributed by atoms with E-state index in [2.05, 4.69) is 46.8 Å². The Bertz CT molecular complexity index is 1500. The summed E-state index contributed by atoms with van der Waals surface area (Å²) in [5.74, 6) is -1.79. The molecule has 6 rings (SSSR count). The van der Waals surface area contributed by atoms with Gasteiger partial charge in [-0.2, -0.15) is 0 Å². The summed E-state index contributed by atoms with van der Waals surface area (Å²) in [6, 6.07) is 17.8. The van der Waals surface area contributed by atoms with Crippen molar-refractivity contribution in [3.8, 4) is 0 Å². The molecule has 0 radical (unpaired) electrons. The number of carbonyl (C=O) groups is 3. The lowest BCUT2D eigenvalue weighted by Crippen LogP contribution is -2.59. The maximum atomic E-state index is 15.0. The Morgan fingerprint density at radius 3 is 2.20 bits per heavy atom. The maximum Gasteiger partial charge on any atom is 0.247 e. The number of amides is 3. The molecular weight excluding hydrogens is 582 g/mol. The highest BCUT2D eigenvalue weighted by Gasteiger charge is 2.72. The van der Waals surface area contributed by atoms with Crippen molar-refractivity contribution in [2.24, 2.45) is 17.3 Å². The molecule has 2 aromatic carbocycles. The topological polar surface area (TPSA) is 81.2 Å². The van der Waals surface area contributed by atoms with Gasteiger partial charge in [-0.25, -0.2) is 0 Å². The Hall–Kier alpha value is -3.36. The van der Waals surface area contributed by atoms with Crippen LogP contribution in [0.3, 0.4) is 0 Å². The smallest absolute Gasteiger partial charge is 0.247 e. The third kappa shape index (κ3) is 5.54. The number of aliphatic hydroxyl groups is 1. The second-order valence-corrected chi connectivity index (χ2v) is 16.2. The zero-order chi connectivity index (χ0) is 32.1. The van der Waals surface area contributed by atoms with Crippen molar-refractivity contribution in [3.63, 3.8) is 0 Å². The SMILES string of the molecule is CC(C)(C)CC(C)(C)N1CC=C[C@]23S[C@H]4C=CCN(Cc5ccccc5)C(=O)[C@H]4[C@H]2C(=O)N([C@H](CO)c2ccccc2)C3C1=O. The van der Waals surface area contributed by atoms with Gasteiger partial charge in [0.15, 0.2) is 0 Å². The highest BCUT2D eigenvalue weighted by Crippen LogP contribution is 2.62. The predicted octanol–water partition coefficient (Wildman–Crippen LogP) is 5.23. The number of hydrogen-bond acceptors (Lipinski definition) is 5.